The smallest absolute Gasteiger partial charge is 0.0613 e. The Morgan fingerprint density at radius 2 is 2.00 bits per heavy atom. The van der Waals surface area contributed by atoms with E-state index in [2.05, 4.69) is 41.7 Å². The Balaban J connectivity index is 4.01. The number of hydrogen-bond acceptors (Lipinski definition) is 2. The second-order valence-corrected chi connectivity index (χ2v) is 4.14. The summed E-state index contributed by atoms with van der Waals surface area (Å²) in [5.74, 6) is 0. The Morgan fingerprint density at radius 1 is 1.50 bits per heavy atom. The van der Waals surface area contributed by atoms with Gasteiger partial charge in [0, 0.05) is 16.6 Å². The molecule has 2 N–H and O–H groups in total. The van der Waals surface area contributed by atoms with E-state index < -0.39 is 0 Å². The molecule has 0 atom stereocenters. The first-order valence-electron chi connectivity index (χ1n) is 4.29. The average Bonchev–Trinajstić information content (AvgIpc) is 2.08. The van der Waals surface area contributed by atoms with Gasteiger partial charge in [0.05, 0.1) is 6.61 Å². The van der Waals surface area contributed by atoms with Crippen LogP contribution in [0.5, 0.6) is 0 Å². The van der Waals surface area contributed by atoms with Crippen molar-refractivity contribution in [3.63, 3.8) is 0 Å². The second kappa shape index (κ2) is 5.73. The third kappa shape index (κ3) is 3.70. The first-order chi connectivity index (χ1) is 5.60. The molecule has 0 amide bonds. The van der Waals surface area contributed by atoms with E-state index in [9.17, 15) is 5.11 Å². The summed E-state index contributed by atoms with van der Waals surface area (Å²) >= 11 is 3.28. The normalized spacial score (nSPS) is 11.7. The number of halogens is 1. The first kappa shape index (κ1) is 12.1. The van der Waals surface area contributed by atoms with E-state index >= 15 is 0 Å². The maximum Gasteiger partial charge on any atom is 0.0613 e. The lowest BCUT2D eigenvalue weighted by molar-refractivity contribution is 0.155. The molecule has 3 heteroatoms. The van der Waals surface area contributed by atoms with Crippen molar-refractivity contribution in [2.24, 2.45) is 0 Å². The van der Waals surface area contributed by atoms with Crippen LogP contribution in [0.4, 0.5) is 0 Å². The van der Waals surface area contributed by atoms with Gasteiger partial charge in [-0.25, -0.2) is 0 Å². The van der Waals surface area contributed by atoms with Gasteiger partial charge in [0.15, 0.2) is 0 Å². The summed E-state index contributed by atoms with van der Waals surface area (Å²) in [6, 6.07) is 0. The molecule has 2 nitrogen and oxygen atoms in total. The Kier molecular flexibility index (Phi) is 5.80. The zero-order valence-electron chi connectivity index (χ0n) is 7.86. The van der Waals surface area contributed by atoms with Gasteiger partial charge in [-0.05, 0) is 12.8 Å². The molecular formula is C9H18BrNO. The Hall–Kier alpha value is 0.140. The molecule has 0 fully saturated rings. The molecule has 0 bridgehead atoms. The molecule has 0 spiro atoms. The van der Waals surface area contributed by atoms with Crippen molar-refractivity contribution >= 4 is 15.9 Å². The molecule has 72 valence electrons. The maximum absolute atomic E-state index is 9.18. The third-order valence-corrected chi connectivity index (χ3v) is 2.59. The van der Waals surface area contributed by atoms with Gasteiger partial charge in [0.25, 0.3) is 0 Å². The first-order valence-corrected chi connectivity index (χ1v) is 5.08. The zero-order valence-corrected chi connectivity index (χ0v) is 9.45. The maximum atomic E-state index is 9.18. The monoisotopic (exact) mass is 235 g/mol. The molecule has 0 unspecified atom stereocenters. The minimum Gasteiger partial charge on any atom is -0.394 e. The molecule has 0 aliphatic rings. The van der Waals surface area contributed by atoms with Gasteiger partial charge in [0.1, 0.15) is 0 Å². The molecule has 0 aliphatic carbocycles. The summed E-state index contributed by atoms with van der Waals surface area (Å²) < 4.78 is 0.919. The Labute approximate surface area is 83.2 Å². The SMILES string of the molecule is C=C(Br)CNC(CC)(CC)CO. The van der Waals surface area contributed by atoms with E-state index in [1.807, 2.05) is 0 Å². The van der Waals surface area contributed by atoms with Crippen LogP contribution in [0.1, 0.15) is 26.7 Å². The van der Waals surface area contributed by atoms with Crippen molar-refractivity contribution in [3.05, 3.63) is 11.1 Å². The zero-order chi connectivity index (χ0) is 9.61. The highest BCUT2D eigenvalue weighted by atomic mass is 79.9. The highest BCUT2D eigenvalue weighted by Gasteiger charge is 2.23. The van der Waals surface area contributed by atoms with Crippen LogP contribution in [0, 0.1) is 0 Å². The van der Waals surface area contributed by atoms with Crippen LogP contribution in [0.2, 0.25) is 0 Å². The lowest BCUT2D eigenvalue weighted by atomic mass is 9.94. The lowest BCUT2D eigenvalue weighted by Crippen LogP contribution is -2.47. The summed E-state index contributed by atoms with van der Waals surface area (Å²) in [5.41, 5.74) is -0.128. The van der Waals surface area contributed by atoms with Gasteiger partial charge < -0.3 is 10.4 Å². The molecule has 0 aromatic heterocycles. The van der Waals surface area contributed by atoms with E-state index in [1.54, 1.807) is 0 Å². The average molecular weight is 236 g/mol. The van der Waals surface area contributed by atoms with Crippen molar-refractivity contribution in [2.45, 2.75) is 32.2 Å². The molecular weight excluding hydrogens is 218 g/mol. The van der Waals surface area contributed by atoms with Gasteiger partial charge in [-0.15, -0.1) is 0 Å². The van der Waals surface area contributed by atoms with E-state index in [0.29, 0.717) is 6.54 Å². The molecule has 0 radical (unpaired) electrons. The molecule has 0 saturated carbocycles. The van der Waals surface area contributed by atoms with Crippen LogP contribution in [0.25, 0.3) is 0 Å². The van der Waals surface area contributed by atoms with Crippen molar-refractivity contribution < 1.29 is 5.11 Å². The van der Waals surface area contributed by atoms with Crippen molar-refractivity contribution in [3.8, 4) is 0 Å². The van der Waals surface area contributed by atoms with E-state index in [4.69, 9.17) is 0 Å². The molecule has 0 saturated heterocycles. The van der Waals surface area contributed by atoms with Crippen LogP contribution in [-0.2, 0) is 0 Å². The number of aliphatic hydroxyl groups excluding tert-OH is 1. The van der Waals surface area contributed by atoms with Crippen LogP contribution < -0.4 is 5.32 Å². The second-order valence-electron chi connectivity index (χ2n) is 3.02. The third-order valence-electron chi connectivity index (χ3n) is 2.31. The minimum atomic E-state index is -0.128. The lowest BCUT2D eigenvalue weighted by Gasteiger charge is -2.30. The summed E-state index contributed by atoms with van der Waals surface area (Å²) in [5, 5.41) is 12.5. The van der Waals surface area contributed by atoms with Gasteiger partial charge in [0.2, 0.25) is 0 Å². The molecule has 0 aliphatic heterocycles. The fourth-order valence-corrected chi connectivity index (χ4v) is 1.20. The fraction of sp³-hybridized carbons (Fsp3) is 0.778. The molecule has 0 aromatic carbocycles. The van der Waals surface area contributed by atoms with Crippen molar-refractivity contribution in [2.75, 3.05) is 13.2 Å². The van der Waals surface area contributed by atoms with Crippen molar-refractivity contribution in [1.29, 1.82) is 0 Å². The minimum absolute atomic E-state index is 0.128. The molecule has 12 heavy (non-hydrogen) atoms. The highest BCUT2D eigenvalue weighted by Crippen LogP contribution is 2.14. The van der Waals surface area contributed by atoms with Gasteiger partial charge in [-0.1, -0.05) is 36.4 Å². The van der Waals surface area contributed by atoms with E-state index in [-0.39, 0.29) is 12.1 Å². The quantitative estimate of drug-likeness (QED) is 0.739. The number of aliphatic hydroxyl groups is 1. The van der Waals surface area contributed by atoms with Crippen molar-refractivity contribution in [1.82, 2.24) is 5.32 Å². The van der Waals surface area contributed by atoms with E-state index in [0.717, 1.165) is 17.3 Å². The largest absolute Gasteiger partial charge is 0.394 e. The van der Waals surface area contributed by atoms with Crippen LogP contribution in [-0.4, -0.2) is 23.8 Å². The standard InChI is InChI=1S/C9H18BrNO/c1-4-9(5-2,7-12)11-6-8(3)10/h11-12H,3-7H2,1-2H3. The van der Waals surface area contributed by atoms with Crippen LogP contribution in [0.15, 0.2) is 11.1 Å². The Morgan fingerprint density at radius 3 is 2.25 bits per heavy atom. The highest BCUT2D eigenvalue weighted by molar-refractivity contribution is 9.11. The topological polar surface area (TPSA) is 32.3 Å². The van der Waals surface area contributed by atoms with E-state index in [1.165, 1.54) is 0 Å². The molecule has 0 aromatic rings. The number of nitrogens with one attached hydrogen (secondary N) is 1. The fourth-order valence-electron chi connectivity index (χ4n) is 1.06. The van der Waals surface area contributed by atoms with Crippen LogP contribution in [0.3, 0.4) is 0 Å². The predicted molar refractivity (Wildman–Crippen MR) is 56.5 cm³/mol. The predicted octanol–water partition coefficient (Wildman–Crippen LogP) is 2.04. The summed E-state index contributed by atoms with van der Waals surface area (Å²) in [4.78, 5) is 0. The Bertz CT molecular complexity index is 135. The number of hydrogen-bond donors (Lipinski definition) is 2. The van der Waals surface area contributed by atoms with Gasteiger partial charge in [-0.2, -0.15) is 0 Å². The summed E-state index contributed by atoms with van der Waals surface area (Å²) in [6.45, 7) is 8.77. The van der Waals surface area contributed by atoms with Crippen LogP contribution >= 0.6 is 15.9 Å². The molecule has 0 rings (SSSR count). The molecule has 0 heterocycles. The summed E-state index contributed by atoms with van der Waals surface area (Å²) in [6.07, 6.45) is 1.86. The van der Waals surface area contributed by atoms with Gasteiger partial charge >= 0.3 is 0 Å². The number of rotatable bonds is 6. The summed E-state index contributed by atoms with van der Waals surface area (Å²) in [7, 11) is 0. The van der Waals surface area contributed by atoms with Gasteiger partial charge in [-0.3, -0.25) is 0 Å².